The second-order valence-corrected chi connectivity index (χ2v) is 1.32. The first-order chi connectivity index (χ1) is 4.31. The second kappa shape index (κ2) is 5.09. The van der Waals surface area contributed by atoms with Crippen LogP contribution in [0.25, 0.3) is 0 Å². The van der Waals surface area contributed by atoms with Gasteiger partial charge in [0.05, 0.1) is 0 Å². The highest BCUT2D eigenvalue weighted by molar-refractivity contribution is 5.82. The molecule has 0 aliphatic rings. The molecular weight excluding hydrogens is 116 g/mol. The molecular formula is C7H9O2. The van der Waals surface area contributed by atoms with Crippen molar-refractivity contribution < 1.29 is 9.53 Å². The molecule has 2 nitrogen and oxygen atoms in total. The molecule has 9 heavy (non-hydrogen) atoms. The fourth-order valence-electron chi connectivity index (χ4n) is 0.285. The lowest BCUT2D eigenvalue weighted by Crippen LogP contribution is -1.98. The van der Waals surface area contributed by atoms with Gasteiger partial charge in [-0.05, 0) is 6.92 Å². The summed E-state index contributed by atoms with van der Waals surface area (Å²) in [5.41, 5.74) is 0. The van der Waals surface area contributed by atoms with Crippen molar-refractivity contribution in [3.05, 3.63) is 31.7 Å². The van der Waals surface area contributed by atoms with Gasteiger partial charge in [0, 0.05) is 6.08 Å². The third kappa shape index (κ3) is 4.81. The maximum absolute atomic E-state index is 10.4. The zero-order valence-corrected chi connectivity index (χ0v) is 5.17. The summed E-state index contributed by atoms with van der Waals surface area (Å²) in [6, 6.07) is 0. The number of hydrogen-bond donors (Lipinski definition) is 0. The van der Waals surface area contributed by atoms with E-state index in [9.17, 15) is 4.79 Å². The van der Waals surface area contributed by atoms with Gasteiger partial charge in [0.15, 0.2) is 0 Å². The summed E-state index contributed by atoms with van der Waals surface area (Å²) >= 11 is 0. The van der Waals surface area contributed by atoms with E-state index in [1.54, 1.807) is 0 Å². The Kier molecular flexibility index (Phi) is 4.50. The lowest BCUT2D eigenvalue weighted by molar-refractivity contribution is -0.136. The molecule has 2 heteroatoms. The van der Waals surface area contributed by atoms with Crippen LogP contribution in [0.5, 0.6) is 0 Å². The third-order valence-electron chi connectivity index (χ3n) is 0.597. The van der Waals surface area contributed by atoms with Gasteiger partial charge in [-0.1, -0.05) is 18.7 Å². The first-order valence-electron chi connectivity index (χ1n) is 2.54. The summed E-state index contributed by atoms with van der Waals surface area (Å²) < 4.78 is 4.55. The smallest absolute Gasteiger partial charge is 0.330 e. The predicted octanol–water partition coefficient (Wildman–Crippen LogP) is 1.11. The molecule has 0 amide bonds. The van der Waals surface area contributed by atoms with Crippen LogP contribution in [0.1, 0.15) is 0 Å². The Labute approximate surface area is 54.8 Å². The van der Waals surface area contributed by atoms with Crippen molar-refractivity contribution in [2.75, 3.05) is 6.61 Å². The normalized spacial score (nSPS) is 9.44. The molecule has 0 fully saturated rings. The Morgan fingerprint density at radius 3 is 2.78 bits per heavy atom. The summed E-state index contributed by atoms with van der Waals surface area (Å²) in [6.07, 6.45) is 4.14. The Bertz CT molecular complexity index is 125. The molecule has 0 saturated heterocycles. The molecule has 0 N–H and O–H groups in total. The fourth-order valence-corrected chi connectivity index (χ4v) is 0.285. The molecule has 0 saturated carbocycles. The Hall–Kier alpha value is -1.05. The van der Waals surface area contributed by atoms with Crippen LogP contribution in [0.15, 0.2) is 24.8 Å². The average molecular weight is 125 g/mol. The monoisotopic (exact) mass is 125 g/mol. The third-order valence-corrected chi connectivity index (χ3v) is 0.597. The van der Waals surface area contributed by atoms with Gasteiger partial charge in [-0.2, -0.15) is 0 Å². The van der Waals surface area contributed by atoms with Gasteiger partial charge < -0.3 is 4.74 Å². The van der Waals surface area contributed by atoms with E-state index in [0.717, 1.165) is 0 Å². The van der Waals surface area contributed by atoms with Gasteiger partial charge in [0.25, 0.3) is 0 Å². The van der Waals surface area contributed by atoms with Crippen LogP contribution < -0.4 is 0 Å². The maximum atomic E-state index is 10.4. The highest BCUT2D eigenvalue weighted by Gasteiger charge is 1.89. The van der Waals surface area contributed by atoms with E-state index in [-0.39, 0.29) is 12.6 Å². The minimum Gasteiger partial charge on any atom is -0.458 e. The predicted molar refractivity (Wildman–Crippen MR) is 35.7 cm³/mol. The largest absolute Gasteiger partial charge is 0.458 e. The van der Waals surface area contributed by atoms with Gasteiger partial charge in [0.1, 0.15) is 6.61 Å². The summed E-state index contributed by atoms with van der Waals surface area (Å²) in [6.45, 7) is 6.96. The van der Waals surface area contributed by atoms with E-state index in [1.165, 1.54) is 18.2 Å². The molecule has 0 aromatic heterocycles. The Morgan fingerprint density at radius 2 is 2.33 bits per heavy atom. The first-order valence-corrected chi connectivity index (χ1v) is 2.54. The number of carbonyl (C=O) groups is 1. The quantitative estimate of drug-likeness (QED) is 0.321. The molecule has 0 aromatic rings. The van der Waals surface area contributed by atoms with Crippen molar-refractivity contribution in [2.45, 2.75) is 0 Å². The molecule has 0 rings (SSSR count). The van der Waals surface area contributed by atoms with Crippen LogP contribution in [0, 0.1) is 6.92 Å². The van der Waals surface area contributed by atoms with Gasteiger partial charge in [-0.25, -0.2) is 4.79 Å². The average Bonchev–Trinajstić information content (AvgIpc) is 1.85. The van der Waals surface area contributed by atoms with Crippen molar-refractivity contribution >= 4 is 5.97 Å². The second-order valence-electron chi connectivity index (χ2n) is 1.32. The maximum Gasteiger partial charge on any atom is 0.330 e. The highest BCUT2D eigenvalue weighted by Crippen LogP contribution is 1.80. The molecule has 0 atom stereocenters. The first kappa shape index (κ1) is 7.95. The van der Waals surface area contributed by atoms with E-state index < -0.39 is 0 Å². The number of allylic oxidation sites excluding steroid dienone is 1. The highest BCUT2D eigenvalue weighted by atomic mass is 16.5. The van der Waals surface area contributed by atoms with Crippen LogP contribution in [0.4, 0.5) is 0 Å². The molecule has 49 valence electrons. The number of rotatable bonds is 3. The molecule has 1 radical (unpaired) electrons. The van der Waals surface area contributed by atoms with Crippen LogP contribution in [0.2, 0.25) is 0 Å². The van der Waals surface area contributed by atoms with Crippen molar-refractivity contribution in [3.8, 4) is 0 Å². The summed E-state index contributed by atoms with van der Waals surface area (Å²) in [4.78, 5) is 10.4. The van der Waals surface area contributed by atoms with Gasteiger partial charge in [-0.15, -0.1) is 0 Å². The Morgan fingerprint density at radius 1 is 1.67 bits per heavy atom. The summed E-state index contributed by atoms with van der Waals surface area (Å²) in [7, 11) is 0. The molecule has 0 spiro atoms. The molecule has 0 aliphatic carbocycles. The van der Waals surface area contributed by atoms with E-state index in [4.69, 9.17) is 0 Å². The molecule has 0 bridgehead atoms. The molecule has 0 unspecified atom stereocenters. The van der Waals surface area contributed by atoms with Crippen molar-refractivity contribution in [2.24, 2.45) is 0 Å². The Balaban J connectivity index is 3.38. The molecule has 0 heterocycles. The van der Waals surface area contributed by atoms with E-state index in [0.29, 0.717) is 0 Å². The minimum atomic E-state index is -0.384. The van der Waals surface area contributed by atoms with Crippen molar-refractivity contribution in [1.82, 2.24) is 0 Å². The summed E-state index contributed by atoms with van der Waals surface area (Å²) in [5.74, 6) is -0.384. The van der Waals surface area contributed by atoms with Gasteiger partial charge in [0.2, 0.25) is 0 Å². The lowest BCUT2D eigenvalue weighted by Gasteiger charge is -1.92. The van der Waals surface area contributed by atoms with Crippen molar-refractivity contribution in [3.63, 3.8) is 0 Å². The van der Waals surface area contributed by atoms with Crippen LogP contribution >= 0.6 is 0 Å². The zero-order valence-electron chi connectivity index (χ0n) is 5.17. The fraction of sp³-hybridized carbons (Fsp3) is 0.143. The SMILES string of the molecule is [CH2]/C=C/C(=O)OCC=C. The van der Waals surface area contributed by atoms with E-state index in [1.807, 2.05) is 0 Å². The van der Waals surface area contributed by atoms with Crippen LogP contribution in [-0.2, 0) is 9.53 Å². The number of esters is 1. The topological polar surface area (TPSA) is 26.3 Å². The van der Waals surface area contributed by atoms with E-state index in [2.05, 4.69) is 18.2 Å². The summed E-state index contributed by atoms with van der Waals surface area (Å²) in [5, 5.41) is 0. The van der Waals surface area contributed by atoms with Gasteiger partial charge in [-0.3, -0.25) is 0 Å². The van der Waals surface area contributed by atoms with Gasteiger partial charge >= 0.3 is 5.97 Å². The zero-order chi connectivity index (χ0) is 7.11. The number of ether oxygens (including phenoxy) is 1. The number of carbonyl (C=O) groups excluding carboxylic acids is 1. The minimum absolute atomic E-state index is 0.253. The molecule has 0 aromatic carbocycles. The lowest BCUT2D eigenvalue weighted by atomic mass is 10.5. The van der Waals surface area contributed by atoms with Crippen LogP contribution in [0.3, 0.4) is 0 Å². The van der Waals surface area contributed by atoms with Crippen LogP contribution in [-0.4, -0.2) is 12.6 Å². The van der Waals surface area contributed by atoms with Crippen molar-refractivity contribution in [1.29, 1.82) is 0 Å². The molecule has 0 aliphatic heterocycles. The standard InChI is InChI=1S/C7H9O2/c1-3-5-7(8)9-6-4-2/h3-5H,1-2,6H2/b5-3+. The number of hydrogen-bond acceptors (Lipinski definition) is 2. The van der Waals surface area contributed by atoms with E-state index >= 15 is 0 Å².